The lowest BCUT2D eigenvalue weighted by Crippen LogP contribution is -2.06. The number of nitrogens with two attached hydrogens (primary N) is 1. The molecule has 0 spiro atoms. The number of nitrogens with zero attached hydrogens (tertiary/aromatic N) is 2. The van der Waals surface area contributed by atoms with Crippen molar-refractivity contribution in [2.75, 3.05) is 12.8 Å². The molecule has 100 valence electrons. The van der Waals surface area contributed by atoms with Crippen LogP contribution in [-0.4, -0.2) is 17.1 Å². The first kappa shape index (κ1) is 14.1. The van der Waals surface area contributed by atoms with Gasteiger partial charge in [0.25, 0.3) is 0 Å². The summed E-state index contributed by atoms with van der Waals surface area (Å²) in [5.41, 5.74) is 6.74. The minimum absolute atomic E-state index is 0.240. The maximum absolute atomic E-state index is 13.2. The Morgan fingerprint density at radius 3 is 2.63 bits per heavy atom. The number of aromatic nitrogens is 2. The summed E-state index contributed by atoms with van der Waals surface area (Å²) in [6.07, 6.45) is 0. The minimum Gasteiger partial charge on any atom is -0.383 e. The third-order valence-electron chi connectivity index (χ3n) is 2.40. The number of methoxy groups -OCH3 is 1. The quantitative estimate of drug-likeness (QED) is 0.836. The van der Waals surface area contributed by atoms with E-state index in [2.05, 4.69) is 9.97 Å². The van der Waals surface area contributed by atoms with Crippen LogP contribution in [0.5, 0.6) is 0 Å². The summed E-state index contributed by atoms with van der Waals surface area (Å²) < 4.78 is 31.8. The van der Waals surface area contributed by atoms with Crippen molar-refractivity contribution >= 4 is 28.4 Å². The molecule has 4 nitrogen and oxygen atoms in total. The van der Waals surface area contributed by atoms with Gasteiger partial charge in [0.05, 0.1) is 15.9 Å². The van der Waals surface area contributed by atoms with Gasteiger partial charge in [-0.1, -0.05) is 0 Å². The Morgan fingerprint density at radius 2 is 2.00 bits per heavy atom. The second kappa shape index (κ2) is 5.74. The summed E-state index contributed by atoms with van der Waals surface area (Å²) in [4.78, 5) is 8.32. The van der Waals surface area contributed by atoms with Crippen LogP contribution in [0, 0.1) is 15.2 Å². The van der Waals surface area contributed by atoms with Crippen molar-refractivity contribution in [3.8, 4) is 11.4 Å². The Bertz CT molecular complexity index is 622. The van der Waals surface area contributed by atoms with Gasteiger partial charge in [-0.25, -0.2) is 18.7 Å². The van der Waals surface area contributed by atoms with Crippen molar-refractivity contribution in [3.05, 3.63) is 39.1 Å². The Kier molecular flexibility index (Phi) is 4.25. The molecule has 2 N–H and O–H groups in total. The molecule has 7 heteroatoms. The zero-order chi connectivity index (χ0) is 14.0. The molecule has 0 bridgehead atoms. The van der Waals surface area contributed by atoms with E-state index in [1.807, 2.05) is 22.6 Å². The fourth-order valence-corrected chi connectivity index (χ4v) is 1.91. The van der Waals surface area contributed by atoms with E-state index in [1.54, 1.807) is 0 Å². The summed E-state index contributed by atoms with van der Waals surface area (Å²) >= 11 is 2.01. The minimum atomic E-state index is -0.952. The van der Waals surface area contributed by atoms with E-state index >= 15 is 0 Å². The SMILES string of the molecule is COCc1nc(-c2ccc(F)c(F)c2)nc(N)c1I. The fourth-order valence-electron chi connectivity index (χ4n) is 1.51. The van der Waals surface area contributed by atoms with E-state index in [1.165, 1.54) is 13.2 Å². The van der Waals surface area contributed by atoms with Crippen LogP contribution >= 0.6 is 22.6 Å². The molecular formula is C12H10F2IN3O. The van der Waals surface area contributed by atoms with Gasteiger partial charge >= 0.3 is 0 Å². The highest BCUT2D eigenvalue weighted by Gasteiger charge is 2.13. The molecule has 19 heavy (non-hydrogen) atoms. The largest absolute Gasteiger partial charge is 0.383 e. The van der Waals surface area contributed by atoms with Crippen LogP contribution in [-0.2, 0) is 11.3 Å². The Balaban J connectivity index is 2.52. The van der Waals surface area contributed by atoms with Crippen LogP contribution in [0.25, 0.3) is 11.4 Å². The van der Waals surface area contributed by atoms with E-state index in [0.29, 0.717) is 14.8 Å². The van der Waals surface area contributed by atoms with E-state index in [4.69, 9.17) is 10.5 Å². The summed E-state index contributed by atoms with van der Waals surface area (Å²) in [7, 11) is 1.53. The smallest absolute Gasteiger partial charge is 0.162 e. The lowest BCUT2D eigenvalue weighted by molar-refractivity contribution is 0.181. The van der Waals surface area contributed by atoms with Gasteiger partial charge in [0, 0.05) is 12.7 Å². The molecule has 2 rings (SSSR count). The number of halogens is 3. The zero-order valence-electron chi connectivity index (χ0n) is 9.95. The van der Waals surface area contributed by atoms with Gasteiger partial charge in [-0.15, -0.1) is 0 Å². The number of hydrogen-bond acceptors (Lipinski definition) is 4. The Labute approximate surface area is 122 Å². The predicted molar refractivity (Wildman–Crippen MR) is 75.2 cm³/mol. The second-order valence-corrected chi connectivity index (χ2v) is 4.83. The molecule has 0 saturated carbocycles. The molecule has 0 aliphatic heterocycles. The van der Waals surface area contributed by atoms with Crippen molar-refractivity contribution in [2.45, 2.75) is 6.61 Å². The molecule has 0 saturated heterocycles. The van der Waals surface area contributed by atoms with E-state index in [-0.39, 0.29) is 18.2 Å². The zero-order valence-corrected chi connectivity index (χ0v) is 12.1. The highest BCUT2D eigenvalue weighted by atomic mass is 127. The van der Waals surface area contributed by atoms with Gasteiger partial charge in [-0.2, -0.15) is 0 Å². The number of ether oxygens (including phenoxy) is 1. The van der Waals surface area contributed by atoms with Crippen molar-refractivity contribution in [2.24, 2.45) is 0 Å². The average molecular weight is 377 g/mol. The highest BCUT2D eigenvalue weighted by Crippen LogP contribution is 2.23. The molecule has 1 aromatic carbocycles. The third-order valence-corrected chi connectivity index (χ3v) is 3.58. The Morgan fingerprint density at radius 1 is 1.26 bits per heavy atom. The van der Waals surface area contributed by atoms with Crippen LogP contribution < -0.4 is 5.73 Å². The summed E-state index contributed by atoms with van der Waals surface area (Å²) in [6, 6.07) is 3.46. The number of hydrogen-bond donors (Lipinski definition) is 1. The summed E-state index contributed by atoms with van der Waals surface area (Å²) in [6.45, 7) is 0.266. The summed E-state index contributed by atoms with van der Waals surface area (Å²) in [5, 5.41) is 0. The first-order valence-electron chi connectivity index (χ1n) is 5.29. The van der Waals surface area contributed by atoms with Gasteiger partial charge in [0.1, 0.15) is 5.82 Å². The molecule has 0 aliphatic rings. The lowest BCUT2D eigenvalue weighted by Gasteiger charge is -2.08. The molecular weight excluding hydrogens is 367 g/mol. The highest BCUT2D eigenvalue weighted by molar-refractivity contribution is 14.1. The van der Waals surface area contributed by atoms with Crippen LogP contribution in [0.15, 0.2) is 18.2 Å². The van der Waals surface area contributed by atoms with Gasteiger partial charge < -0.3 is 10.5 Å². The molecule has 0 amide bonds. The molecule has 1 heterocycles. The maximum atomic E-state index is 13.2. The predicted octanol–water partition coefficient (Wildman–Crippen LogP) is 2.75. The van der Waals surface area contributed by atoms with Gasteiger partial charge in [-0.05, 0) is 40.8 Å². The normalized spacial score (nSPS) is 10.7. The van der Waals surface area contributed by atoms with E-state index in [9.17, 15) is 8.78 Å². The van der Waals surface area contributed by atoms with Gasteiger partial charge in [-0.3, -0.25) is 0 Å². The van der Waals surface area contributed by atoms with E-state index in [0.717, 1.165) is 12.1 Å². The average Bonchev–Trinajstić information content (AvgIpc) is 2.38. The molecule has 2 aromatic rings. The van der Waals surface area contributed by atoms with Crippen LogP contribution in [0.4, 0.5) is 14.6 Å². The van der Waals surface area contributed by atoms with Crippen molar-refractivity contribution in [1.29, 1.82) is 0 Å². The van der Waals surface area contributed by atoms with Gasteiger partial charge in [0.2, 0.25) is 0 Å². The first-order valence-corrected chi connectivity index (χ1v) is 6.37. The molecule has 0 unspecified atom stereocenters. The van der Waals surface area contributed by atoms with E-state index < -0.39 is 11.6 Å². The van der Waals surface area contributed by atoms with Crippen molar-refractivity contribution < 1.29 is 13.5 Å². The molecule has 1 aromatic heterocycles. The Hall–Kier alpha value is -1.35. The topological polar surface area (TPSA) is 61.0 Å². The molecule has 0 radical (unpaired) electrons. The van der Waals surface area contributed by atoms with Crippen LogP contribution in [0.3, 0.4) is 0 Å². The number of nitrogen functional groups attached to an aromatic ring is 1. The number of rotatable bonds is 3. The first-order chi connectivity index (χ1) is 9.02. The van der Waals surface area contributed by atoms with Crippen molar-refractivity contribution in [3.63, 3.8) is 0 Å². The number of anilines is 1. The third kappa shape index (κ3) is 2.98. The lowest BCUT2D eigenvalue weighted by atomic mass is 10.2. The maximum Gasteiger partial charge on any atom is 0.162 e. The van der Waals surface area contributed by atoms with Crippen LogP contribution in [0.2, 0.25) is 0 Å². The van der Waals surface area contributed by atoms with Crippen LogP contribution in [0.1, 0.15) is 5.69 Å². The standard InChI is InChI=1S/C12H10F2IN3O/c1-19-5-9-10(15)11(16)18-12(17-9)6-2-3-7(13)8(14)4-6/h2-4H,5H2,1H3,(H2,16,17,18). The molecule has 0 aliphatic carbocycles. The monoisotopic (exact) mass is 377 g/mol. The van der Waals surface area contributed by atoms with Crippen molar-refractivity contribution in [1.82, 2.24) is 9.97 Å². The van der Waals surface area contributed by atoms with Gasteiger partial charge in [0.15, 0.2) is 17.5 Å². The summed E-state index contributed by atoms with van der Waals surface area (Å²) in [5.74, 6) is -1.35. The number of benzene rings is 1. The second-order valence-electron chi connectivity index (χ2n) is 3.76. The fraction of sp³-hybridized carbons (Fsp3) is 0.167. The molecule has 0 fully saturated rings. The molecule has 0 atom stereocenters.